The summed E-state index contributed by atoms with van der Waals surface area (Å²) < 4.78 is 13.2. The zero-order valence-corrected chi connectivity index (χ0v) is 23.9. The predicted octanol–water partition coefficient (Wildman–Crippen LogP) is 5.27. The molecular formula is C30H39N3O4S. The number of piperidine rings is 1. The molecule has 3 aromatic rings. The molecular weight excluding hydrogens is 498 g/mol. The molecule has 2 heterocycles. The monoisotopic (exact) mass is 537 g/mol. The number of ether oxygens (including phenoxy) is 1. The van der Waals surface area contributed by atoms with Gasteiger partial charge in [-0.3, -0.25) is 9.69 Å². The molecule has 2 aromatic carbocycles. The molecule has 4 rings (SSSR count). The molecule has 0 radical (unpaired) electrons. The molecule has 0 bridgehead atoms. The summed E-state index contributed by atoms with van der Waals surface area (Å²) >= 11 is 1.66. The topological polar surface area (TPSA) is 69.4 Å². The van der Waals surface area contributed by atoms with Crippen molar-refractivity contribution in [3.8, 4) is 5.75 Å². The van der Waals surface area contributed by atoms with Crippen LogP contribution in [0.2, 0.25) is 0 Å². The highest BCUT2D eigenvalue weighted by Crippen LogP contribution is 2.32. The van der Waals surface area contributed by atoms with Gasteiger partial charge in [0, 0.05) is 31.6 Å². The van der Waals surface area contributed by atoms with Crippen molar-refractivity contribution < 1.29 is 19.1 Å². The predicted molar refractivity (Wildman–Crippen MR) is 151 cm³/mol. The lowest BCUT2D eigenvalue weighted by Crippen LogP contribution is -2.37. The number of amides is 1. The summed E-state index contributed by atoms with van der Waals surface area (Å²) in [6, 6.07) is 14.3. The summed E-state index contributed by atoms with van der Waals surface area (Å²) in [5.74, 6) is 1.54. The number of carbonyl (C=O) groups is 1. The minimum atomic E-state index is -0.216. The molecule has 1 saturated heterocycles. The normalized spacial score (nSPS) is 16.1. The third-order valence-corrected chi connectivity index (χ3v) is 8.14. The number of furan rings is 1. The lowest BCUT2D eigenvalue weighted by Gasteiger charge is -2.30. The molecule has 0 spiro atoms. The molecule has 1 N–H and O–H groups in total. The molecule has 1 amide bonds. The smallest absolute Gasteiger partial charge is 0.257 e. The third kappa shape index (κ3) is 7.41. The molecule has 1 fully saturated rings. The Hall–Kier alpha value is -2.78. The summed E-state index contributed by atoms with van der Waals surface area (Å²) in [5, 5.41) is 9.89. The first-order chi connectivity index (χ1) is 18.2. The summed E-state index contributed by atoms with van der Waals surface area (Å²) in [5.41, 5.74) is 5.17. The number of aliphatic hydroxyl groups is 1. The second kappa shape index (κ2) is 12.8. The molecule has 8 heteroatoms. The first kappa shape index (κ1) is 28.2. The van der Waals surface area contributed by atoms with E-state index in [-0.39, 0.29) is 12.0 Å². The number of likely N-dealkylation sites (tertiary alicyclic amines) is 1. The van der Waals surface area contributed by atoms with Crippen LogP contribution in [0.1, 0.15) is 51.2 Å². The van der Waals surface area contributed by atoms with E-state index >= 15 is 0 Å². The first-order valence-corrected chi connectivity index (χ1v) is 13.8. The van der Waals surface area contributed by atoms with Gasteiger partial charge in [0.25, 0.3) is 5.91 Å². The Labute approximate surface area is 230 Å². The highest BCUT2D eigenvalue weighted by molar-refractivity contribution is 7.97. The van der Waals surface area contributed by atoms with Crippen LogP contribution in [0.3, 0.4) is 0 Å². The van der Waals surface area contributed by atoms with Gasteiger partial charge in [-0.2, -0.15) is 0 Å². The van der Waals surface area contributed by atoms with Crippen molar-refractivity contribution in [2.24, 2.45) is 0 Å². The van der Waals surface area contributed by atoms with E-state index in [4.69, 9.17) is 9.15 Å². The number of carbonyl (C=O) groups excluding carboxylic acids is 1. The van der Waals surface area contributed by atoms with Gasteiger partial charge in [-0.05, 0) is 92.7 Å². The molecule has 7 nitrogen and oxygen atoms in total. The van der Waals surface area contributed by atoms with E-state index in [0.717, 1.165) is 60.7 Å². The van der Waals surface area contributed by atoms with E-state index in [1.807, 2.05) is 32.3 Å². The van der Waals surface area contributed by atoms with E-state index in [0.29, 0.717) is 18.7 Å². The van der Waals surface area contributed by atoms with Crippen LogP contribution in [0.5, 0.6) is 5.75 Å². The van der Waals surface area contributed by atoms with Crippen molar-refractivity contribution in [2.45, 2.75) is 57.3 Å². The Morgan fingerprint density at radius 1 is 1.11 bits per heavy atom. The number of β-amino-alcohol motifs (C(OH)–C–C–N with tert-alkyl or cyclic N) is 1. The Morgan fingerprint density at radius 3 is 2.45 bits per heavy atom. The van der Waals surface area contributed by atoms with E-state index < -0.39 is 0 Å². The van der Waals surface area contributed by atoms with Gasteiger partial charge in [-0.15, -0.1) is 0 Å². The molecule has 1 unspecified atom stereocenters. The van der Waals surface area contributed by atoms with E-state index in [1.165, 1.54) is 10.5 Å². The quantitative estimate of drug-likeness (QED) is 0.353. The number of aryl methyl sites for hydroxylation is 2. The Kier molecular flexibility index (Phi) is 9.54. The van der Waals surface area contributed by atoms with Gasteiger partial charge in [0.15, 0.2) is 0 Å². The molecule has 0 aliphatic carbocycles. The molecule has 38 heavy (non-hydrogen) atoms. The summed E-state index contributed by atoms with van der Waals surface area (Å²) in [6.07, 6.45) is 3.27. The minimum absolute atomic E-state index is 0.0662. The third-order valence-electron chi connectivity index (χ3n) is 6.87. The molecule has 1 atom stereocenters. The Morgan fingerprint density at radius 2 is 1.79 bits per heavy atom. The molecule has 1 aromatic heterocycles. The Balaban J connectivity index is 1.29. The Bertz CT molecular complexity index is 1200. The van der Waals surface area contributed by atoms with E-state index in [9.17, 15) is 9.90 Å². The van der Waals surface area contributed by atoms with Gasteiger partial charge in [0.05, 0.1) is 25.3 Å². The summed E-state index contributed by atoms with van der Waals surface area (Å²) in [7, 11) is 5.51. The number of hydrogen-bond donors (Lipinski definition) is 1. The fourth-order valence-corrected chi connectivity index (χ4v) is 5.81. The van der Waals surface area contributed by atoms with Crippen molar-refractivity contribution in [3.63, 3.8) is 0 Å². The highest BCUT2D eigenvalue weighted by Gasteiger charge is 2.19. The van der Waals surface area contributed by atoms with Crippen LogP contribution >= 0.6 is 11.9 Å². The van der Waals surface area contributed by atoms with Crippen LogP contribution in [-0.4, -0.2) is 65.5 Å². The molecule has 0 saturated carbocycles. The number of aliphatic hydroxyl groups excluding tert-OH is 1. The highest BCUT2D eigenvalue weighted by atomic mass is 32.2. The largest absolute Gasteiger partial charge is 0.497 e. The number of nitrogens with zero attached hydrogens (tertiary/aromatic N) is 3. The van der Waals surface area contributed by atoms with Gasteiger partial charge >= 0.3 is 0 Å². The lowest BCUT2D eigenvalue weighted by atomic mass is 10.1. The maximum absolute atomic E-state index is 13.1. The first-order valence-electron chi connectivity index (χ1n) is 13.1. The number of rotatable bonds is 10. The van der Waals surface area contributed by atoms with Crippen LogP contribution in [0.15, 0.2) is 58.0 Å². The minimum Gasteiger partial charge on any atom is -0.497 e. The van der Waals surface area contributed by atoms with Crippen LogP contribution in [0.4, 0.5) is 0 Å². The van der Waals surface area contributed by atoms with Crippen molar-refractivity contribution in [2.75, 3.05) is 34.3 Å². The van der Waals surface area contributed by atoms with Crippen LogP contribution in [-0.2, 0) is 19.6 Å². The zero-order chi connectivity index (χ0) is 27.2. The van der Waals surface area contributed by atoms with Crippen LogP contribution in [0, 0.1) is 13.8 Å². The average Bonchev–Trinajstić information content (AvgIpc) is 3.35. The fraction of sp³-hybridized carbons (Fsp3) is 0.433. The standard InChI is InChI=1S/C30H39N3O4S/c1-21-13-27(36-5)14-22(2)29(21)38-32(4)19-28-15-25(20-37-28)30(35)31(3)16-23-8-10-24(11-9-23)17-33-12-6-7-26(34)18-33/h8-11,13-15,20,26,34H,6-7,12,16-19H2,1-5H3. The van der Waals surface area contributed by atoms with Crippen LogP contribution < -0.4 is 4.74 Å². The summed E-state index contributed by atoms with van der Waals surface area (Å²) in [4.78, 5) is 18.3. The van der Waals surface area contributed by atoms with Crippen molar-refractivity contribution in [1.29, 1.82) is 0 Å². The maximum Gasteiger partial charge on any atom is 0.257 e. The van der Waals surface area contributed by atoms with E-state index in [1.54, 1.807) is 30.2 Å². The van der Waals surface area contributed by atoms with Gasteiger partial charge in [-0.25, -0.2) is 4.31 Å². The number of methoxy groups -OCH3 is 1. The maximum atomic E-state index is 13.1. The van der Waals surface area contributed by atoms with Gasteiger partial charge in [-0.1, -0.05) is 24.3 Å². The number of benzene rings is 2. The van der Waals surface area contributed by atoms with Crippen molar-refractivity contribution >= 4 is 17.9 Å². The molecule has 1 aliphatic rings. The molecule has 204 valence electrons. The van der Waals surface area contributed by atoms with Crippen molar-refractivity contribution in [1.82, 2.24) is 14.1 Å². The summed E-state index contributed by atoms with van der Waals surface area (Å²) in [6.45, 7) is 7.86. The zero-order valence-electron chi connectivity index (χ0n) is 23.1. The SMILES string of the molecule is COc1cc(C)c(SN(C)Cc2cc(C(=O)N(C)Cc3ccc(CN4CCCC(O)C4)cc3)co2)c(C)c1. The molecule has 1 aliphatic heterocycles. The van der Waals surface area contributed by atoms with Gasteiger partial charge in [0.2, 0.25) is 0 Å². The lowest BCUT2D eigenvalue weighted by molar-refractivity contribution is 0.0668. The fourth-order valence-electron chi connectivity index (χ4n) is 4.90. The average molecular weight is 538 g/mol. The second-order valence-electron chi connectivity index (χ2n) is 10.3. The van der Waals surface area contributed by atoms with Crippen molar-refractivity contribution in [3.05, 3.63) is 82.3 Å². The van der Waals surface area contributed by atoms with E-state index in [2.05, 4.69) is 47.3 Å². The second-order valence-corrected chi connectivity index (χ2v) is 11.5. The van der Waals surface area contributed by atoms with Crippen LogP contribution in [0.25, 0.3) is 0 Å². The van der Waals surface area contributed by atoms with Gasteiger partial charge in [0.1, 0.15) is 17.8 Å². The van der Waals surface area contributed by atoms with Gasteiger partial charge < -0.3 is 19.2 Å². The number of hydrogen-bond acceptors (Lipinski definition) is 7.